The second kappa shape index (κ2) is 3.68. The normalized spacial score (nSPS) is 8.38. The molecule has 0 unspecified atom stereocenters. The van der Waals surface area contributed by atoms with E-state index in [1.807, 2.05) is 12.1 Å². The zero-order chi connectivity index (χ0) is 9.84. The molecule has 0 fully saturated rings. The van der Waals surface area contributed by atoms with Gasteiger partial charge in [0, 0.05) is 21.4 Å². The van der Waals surface area contributed by atoms with Crippen molar-refractivity contribution < 1.29 is 0 Å². The van der Waals surface area contributed by atoms with E-state index in [0.29, 0.717) is 11.1 Å². The Balaban J connectivity index is 3.63. The van der Waals surface area contributed by atoms with E-state index >= 15 is 0 Å². The minimum atomic E-state index is 0.678. The lowest BCUT2D eigenvalue weighted by molar-refractivity contribution is 1.58. The van der Waals surface area contributed by atoms with Crippen LogP contribution in [0.2, 0.25) is 0 Å². The van der Waals surface area contributed by atoms with Gasteiger partial charge in [0.05, 0.1) is 5.56 Å². The van der Waals surface area contributed by atoms with E-state index in [1.165, 1.54) is 0 Å². The first-order valence-electron chi connectivity index (χ1n) is 3.78. The van der Waals surface area contributed by atoms with E-state index in [1.54, 1.807) is 0 Å². The molecule has 60 valence electrons. The van der Waals surface area contributed by atoms with Gasteiger partial charge in [-0.1, -0.05) is 29.0 Å². The molecule has 0 aliphatic carbocycles. The Bertz CT molecular complexity index is 462. The fourth-order valence-electron chi connectivity index (χ4n) is 1.16. The molecule has 0 saturated heterocycles. The Morgan fingerprint density at radius 3 is 2.00 bits per heavy atom. The first-order valence-corrected chi connectivity index (χ1v) is 4.78. The van der Waals surface area contributed by atoms with Gasteiger partial charge in [-0.25, -0.2) is 0 Å². The Morgan fingerprint density at radius 1 is 0.923 bits per heavy atom. The Labute approximate surface area is 81.8 Å². The third-order valence-electron chi connectivity index (χ3n) is 1.86. The van der Waals surface area contributed by atoms with Gasteiger partial charge in [0.2, 0.25) is 0 Å². The van der Waals surface area contributed by atoms with Gasteiger partial charge in [-0.05, 0) is 6.07 Å². The van der Waals surface area contributed by atoms with Crippen molar-refractivity contribution in [1.29, 1.82) is 0 Å². The van der Waals surface area contributed by atoms with Crippen molar-refractivity contribution in [2.24, 2.45) is 0 Å². The topological polar surface area (TPSA) is 0 Å². The van der Waals surface area contributed by atoms with Crippen LogP contribution >= 0.6 is 0 Å². The highest BCUT2D eigenvalue weighted by Gasteiger charge is 2.04. The fraction of sp³-hybridized carbons (Fsp3) is 0. The molecule has 0 bridgehead atoms. The molecule has 0 atom stereocenters. The summed E-state index contributed by atoms with van der Waals surface area (Å²) in [6.07, 6.45) is 16.0. The molecule has 0 aromatic heterocycles. The first-order chi connectivity index (χ1) is 6.24. The molecule has 1 aromatic rings. The highest BCUT2D eigenvalue weighted by atomic mass is 28.1. The summed E-state index contributed by atoms with van der Waals surface area (Å²) in [5.74, 6) is 7.66. The highest BCUT2D eigenvalue weighted by Crippen LogP contribution is 2.09. The molecule has 0 aliphatic rings. The Kier molecular flexibility index (Phi) is 2.61. The van der Waals surface area contributed by atoms with Crippen molar-refractivity contribution in [3.8, 4) is 37.0 Å². The predicted molar refractivity (Wildman–Crippen MR) is 59.8 cm³/mol. The van der Waals surface area contributed by atoms with Gasteiger partial charge in [-0.3, -0.25) is 0 Å². The number of rotatable bonds is 0. The van der Waals surface area contributed by atoms with Crippen LogP contribution in [0.4, 0.5) is 0 Å². The lowest BCUT2D eigenvalue weighted by Crippen LogP contribution is -2.10. The van der Waals surface area contributed by atoms with Crippen LogP contribution in [0.3, 0.4) is 0 Å². The standard InChI is InChI=1S/C12H8Si/c1-4-9-7-8-12(13)11(6-3)10(9)5-2/h1-3,7-8H,13H3. The van der Waals surface area contributed by atoms with E-state index in [9.17, 15) is 0 Å². The lowest BCUT2D eigenvalue weighted by atomic mass is 10.0. The molecule has 0 heterocycles. The molecule has 0 spiro atoms. The van der Waals surface area contributed by atoms with Crippen molar-refractivity contribution >= 4 is 15.4 Å². The van der Waals surface area contributed by atoms with Gasteiger partial charge in [0.15, 0.2) is 0 Å². The summed E-state index contributed by atoms with van der Waals surface area (Å²) in [7, 11) is 0.882. The van der Waals surface area contributed by atoms with E-state index in [2.05, 4.69) is 17.8 Å². The van der Waals surface area contributed by atoms with Gasteiger partial charge in [-0.15, -0.1) is 19.3 Å². The molecule has 1 aromatic carbocycles. The summed E-state index contributed by atoms with van der Waals surface area (Å²) in [6, 6.07) is 3.79. The summed E-state index contributed by atoms with van der Waals surface area (Å²) in [5, 5.41) is 1.12. The molecule has 0 radical (unpaired) electrons. The fourth-order valence-corrected chi connectivity index (χ4v) is 1.72. The zero-order valence-electron chi connectivity index (χ0n) is 7.39. The molecular weight excluding hydrogens is 172 g/mol. The van der Waals surface area contributed by atoms with E-state index in [0.717, 1.165) is 21.0 Å². The number of hydrogen-bond acceptors (Lipinski definition) is 0. The Hall–Kier alpha value is -1.88. The molecule has 0 amide bonds. The second-order valence-corrected chi connectivity index (χ2v) is 3.69. The highest BCUT2D eigenvalue weighted by molar-refractivity contribution is 6.34. The average Bonchev–Trinajstić information content (AvgIpc) is 2.17. The number of benzene rings is 1. The summed E-state index contributed by atoms with van der Waals surface area (Å²) >= 11 is 0. The van der Waals surface area contributed by atoms with Crippen LogP contribution in [0.1, 0.15) is 16.7 Å². The minimum Gasteiger partial charge on any atom is -0.115 e. The average molecular weight is 180 g/mol. The third-order valence-corrected chi connectivity index (χ3v) is 2.69. The maximum Gasteiger partial charge on any atom is 0.0553 e. The van der Waals surface area contributed by atoms with Crippen LogP contribution in [0, 0.1) is 37.0 Å². The summed E-state index contributed by atoms with van der Waals surface area (Å²) in [5.41, 5.74) is 2.16. The van der Waals surface area contributed by atoms with E-state index in [-0.39, 0.29) is 0 Å². The Morgan fingerprint density at radius 2 is 1.54 bits per heavy atom. The predicted octanol–water partition coefficient (Wildman–Crippen LogP) is -0.379. The van der Waals surface area contributed by atoms with E-state index in [4.69, 9.17) is 19.3 Å². The van der Waals surface area contributed by atoms with Crippen LogP contribution in [0.15, 0.2) is 12.1 Å². The van der Waals surface area contributed by atoms with Gasteiger partial charge in [0.25, 0.3) is 0 Å². The van der Waals surface area contributed by atoms with Crippen LogP contribution in [-0.4, -0.2) is 10.2 Å². The number of terminal acetylenes is 3. The molecule has 0 nitrogen and oxygen atoms in total. The maximum absolute atomic E-state index is 5.36. The van der Waals surface area contributed by atoms with Crippen molar-refractivity contribution in [2.45, 2.75) is 0 Å². The van der Waals surface area contributed by atoms with Crippen molar-refractivity contribution in [3.63, 3.8) is 0 Å². The SMILES string of the molecule is C#Cc1ccc([SiH3])c(C#C)c1C#C. The van der Waals surface area contributed by atoms with E-state index < -0.39 is 0 Å². The molecule has 0 N–H and O–H groups in total. The minimum absolute atomic E-state index is 0.678. The summed E-state index contributed by atoms with van der Waals surface area (Å²) < 4.78 is 0. The zero-order valence-corrected chi connectivity index (χ0v) is 9.39. The number of hydrogen-bond donors (Lipinski definition) is 0. The molecule has 1 heteroatoms. The maximum atomic E-state index is 5.36. The van der Waals surface area contributed by atoms with Crippen LogP contribution in [0.5, 0.6) is 0 Å². The van der Waals surface area contributed by atoms with Gasteiger partial charge in [0.1, 0.15) is 0 Å². The monoisotopic (exact) mass is 180 g/mol. The largest absolute Gasteiger partial charge is 0.115 e. The molecule has 13 heavy (non-hydrogen) atoms. The van der Waals surface area contributed by atoms with Crippen LogP contribution in [0.25, 0.3) is 0 Å². The molecule has 0 saturated carbocycles. The third kappa shape index (κ3) is 1.49. The van der Waals surface area contributed by atoms with Crippen LogP contribution in [-0.2, 0) is 0 Å². The molecule has 1 rings (SSSR count). The first kappa shape index (κ1) is 9.21. The van der Waals surface area contributed by atoms with Gasteiger partial charge < -0.3 is 0 Å². The lowest BCUT2D eigenvalue weighted by Gasteiger charge is -2.04. The molecular formula is C12H8Si. The quantitative estimate of drug-likeness (QED) is 0.377. The second-order valence-electron chi connectivity index (χ2n) is 2.61. The smallest absolute Gasteiger partial charge is 0.0553 e. The van der Waals surface area contributed by atoms with Crippen molar-refractivity contribution in [3.05, 3.63) is 28.8 Å². The molecule has 0 aliphatic heterocycles. The van der Waals surface area contributed by atoms with Gasteiger partial charge >= 0.3 is 0 Å². The van der Waals surface area contributed by atoms with Crippen molar-refractivity contribution in [1.82, 2.24) is 0 Å². The summed E-state index contributed by atoms with van der Waals surface area (Å²) in [4.78, 5) is 0. The van der Waals surface area contributed by atoms with Gasteiger partial charge in [-0.2, -0.15) is 0 Å². The van der Waals surface area contributed by atoms with Crippen molar-refractivity contribution in [2.75, 3.05) is 0 Å². The summed E-state index contributed by atoms with van der Waals surface area (Å²) in [6.45, 7) is 0. The van der Waals surface area contributed by atoms with Crippen LogP contribution < -0.4 is 5.19 Å².